The highest BCUT2D eigenvalue weighted by molar-refractivity contribution is 5.57. The average molecular weight is 238 g/mol. The van der Waals surface area contributed by atoms with Crippen molar-refractivity contribution in [1.29, 1.82) is 0 Å². The average Bonchev–Trinajstić information content (AvgIpc) is 2.45. The Morgan fingerprint density at radius 3 is 2.44 bits per heavy atom. The zero-order valence-corrected chi connectivity index (χ0v) is 10.7. The summed E-state index contributed by atoms with van der Waals surface area (Å²) in [5.41, 5.74) is 2.51. The zero-order valence-electron chi connectivity index (χ0n) is 10.7. The van der Waals surface area contributed by atoms with E-state index < -0.39 is 0 Å². The van der Waals surface area contributed by atoms with Gasteiger partial charge in [-0.05, 0) is 24.5 Å². The molecule has 2 aromatic carbocycles. The van der Waals surface area contributed by atoms with Crippen LogP contribution in [0.5, 0.6) is 5.75 Å². The van der Waals surface area contributed by atoms with Crippen LogP contribution in [0.15, 0.2) is 60.7 Å². The molecule has 0 aliphatic rings. The largest absolute Gasteiger partial charge is 0.496 e. The van der Waals surface area contributed by atoms with Gasteiger partial charge in [-0.1, -0.05) is 60.7 Å². The third-order valence-corrected chi connectivity index (χ3v) is 2.88. The number of hydrogen-bond acceptors (Lipinski definition) is 1. The summed E-state index contributed by atoms with van der Waals surface area (Å²) in [6.45, 7) is 0. The van der Waals surface area contributed by atoms with Crippen LogP contribution in [0, 0.1) is 0 Å². The van der Waals surface area contributed by atoms with Gasteiger partial charge in [-0.15, -0.1) is 0 Å². The van der Waals surface area contributed by atoms with Gasteiger partial charge in [0, 0.05) is 5.56 Å². The Balaban J connectivity index is 1.92. The van der Waals surface area contributed by atoms with Crippen molar-refractivity contribution in [2.75, 3.05) is 7.11 Å². The Kier molecular flexibility index (Phi) is 4.60. The minimum absolute atomic E-state index is 0.925. The van der Waals surface area contributed by atoms with Crippen LogP contribution in [0.1, 0.15) is 17.5 Å². The number of benzene rings is 2. The summed E-state index contributed by atoms with van der Waals surface area (Å²) < 4.78 is 5.31. The topological polar surface area (TPSA) is 9.23 Å². The summed E-state index contributed by atoms with van der Waals surface area (Å²) in [7, 11) is 1.71. The number of methoxy groups -OCH3 is 1. The van der Waals surface area contributed by atoms with E-state index in [0.29, 0.717) is 0 Å². The lowest BCUT2D eigenvalue weighted by Gasteiger charge is -2.03. The fourth-order valence-electron chi connectivity index (χ4n) is 1.91. The van der Waals surface area contributed by atoms with Crippen LogP contribution >= 0.6 is 0 Å². The van der Waals surface area contributed by atoms with Gasteiger partial charge in [-0.2, -0.15) is 0 Å². The lowest BCUT2D eigenvalue weighted by Crippen LogP contribution is -1.86. The van der Waals surface area contributed by atoms with Gasteiger partial charge in [0.15, 0.2) is 0 Å². The van der Waals surface area contributed by atoms with Crippen LogP contribution in [0.2, 0.25) is 0 Å². The summed E-state index contributed by atoms with van der Waals surface area (Å²) in [5, 5.41) is 0. The summed E-state index contributed by atoms with van der Waals surface area (Å²) in [4.78, 5) is 0. The molecule has 0 unspecified atom stereocenters. The van der Waals surface area contributed by atoms with E-state index in [9.17, 15) is 0 Å². The first kappa shape index (κ1) is 12.4. The number of para-hydroxylation sites is 1. The highest BCUT2D eigenvalue weighted by atomic mass is 16.5. The molecule has 0 atom stereocenters. The van der Waals surface area contributed by atoms with Crippen LogP contribution in [-0.4, -0.2) is 7.11 Å². The molecule has 0 aromatic heterocycles. The molecule has 0 aliphatic carbocycles. The predicted molar refractivity (Wildman–Crippen MR) is 76.8 cm³/mol. The molecule has 0 saturated carbocycles. The van der Waals surface area contributed by atoms with Gasteiger partial charge in [0.05, 0.1) is 7.11 Å². The van der Waals surface area contributed by atoms with Gasteiger partial charge in [0.25, 0.3) is 0 Å². The smallest absolute Gasteiger partial charge is 0.126 e. The molecule has 0 N–H and O–H groups in total. The zero-order chi connectivity index (χ0) is 12.6. The summed E-state index contributed by atoms with van der Waals surface area (Å²) >= 11 is 0. The molecule has 0 saturated heterocycles. The molecule has 92 valence electrons. The predicted octanol–water partition coefficient (Wildman–Crippen LogP) is 4.34. The van der Waals surface area contributed by atoms with Crippen molar-refractivity contribution in [3.8, 4) is 5.75 Å². The highest BCUT2D eigenvalue weighted by Crippen LogP contribution is 2.19. The van der Waals surface area contributed by atoms with Gasteiger partial charge in [0.1, 0.15) is 5.75 Å². The molecule has 0 aliphatic heterocycles. The lowest BCUT2D eigenvalue weighted by molar-refractivity contribution is 0.414. The van der Waals surface area contributed by atoms with Crippen molar-refractivity contribution < 1.29 is 4.74 Å². The van der Waals surface area contributed by atoms with E-state index in [1.54, 1.807) is 7.11 Å². The number of ether oxygens (including phenoxy) is 1. The van der Waals surface area contributed by atoms with Gasteiger partial charge in [-0.3, -0.25) is 0 Å². The molecule has 0 fully saturated rings. The summed E-state index contributed by atoms with van der Waals surface area (Å²) in [6.07, 6.45) is 6.45. The fraction of sp³-hybridized carbons (Fsp3) is 0.176. The molecular formula is C17H18O. The Morgan fingerprint density at radius 2 is 1.67 bits per heavy atom. The molecule has 1 heteroatoms. The van der Waals surface area contributed by atoms with Crippen molar-refractivity contribution in [3.63, 3.8) is 0 Å². The third kappa shape index (κ3) is 3.49. The molecule has 18 heavy (non-hydrogen) atoms. The number of rotatable bonds is 5. The Morgan fingerprint density at radius 1 is 0.944 bits per heavy atom. The molecule has 0 radical (unpaired) electrons. The van der Waals surface area contributed by atoms with Crippen molar-refractivity contribution in [2.45, 2.75) is 12.8 Å². The summed E-state index contributed by atoms with van der Waals surface area (Å²) in [6, 6.07) is 18.6. The fourth-order valence-corrected chi connectivity index (χ4v) is 1.91. The standard InChI is InChI=1S/C17H18O/c1-18-17-14-8-7-13-16(17)12-6-5-11-15-9-3-2-4-10-15/h2-4,6-10,12-14H,5,11H2,1H3. The number of aryl methyl sites for hydroxylation is 1. The normalized spacial score (nSPS) is 10.7. The minimum Gasteiger partial charge on any atom is -0.496 e. The lowest BCUT2D eigenvalue weighted by atomic mass is 10.1. The highest BCUT2D eigenvalue weighted by Gasteiger charge is 1.96. The molecular weight excluding hydrogens is 220 g/mol. The maximum atomic E-state index is 5.31. The van der Waals surface area contributed by atoms with E-state index in [4.69, 9.17) is 4.74 Å². The Hall–Kier alpha value is -2.02. The maximum Gasteiger partial charge on any atom is 0.126 e. The second-order valence-corrected chi connectivity index (χ2v) is 4.17. The van der Waals surface area contributed by atoms with Crippen molar-refractivity contribution in [1.82, 2.24) is 0 Å². The van der Waals surface area contributed by atoms with Crippen molar-refractivity contribution in [2.24, 2.45) is 0 Å². The minimum atomic E-state index is 0.925. The van der Waals surface area contributed by atoms with Crippen molar-refractivity contribution in [3.05, 3.63) is 71.8 Å². The van der Waals surface area contributed by atoms with Gasteiger partial charge >= 0.3 is 0 Å². The monoisotopic (exact) mass is 238 g/mol. The first-order valence-corrected chi connectivity index (χ1v) is 6.23. The Bertz CT molecular complexity index is 500. The van der Waals surface area contributed by atoms with Crippen LogP contribution in [0.3, 0.4) is 0 Å². The van der Waals surface area contributed by atoms with E-state index in [2.05, 4.69) is 42.5 Å². The molecule has 0 amide bonds. The first-order chi connectivity index (χ1) is 8.90. The summed E-state index contributed by atoms with van der Waals surface area (Å²) in [5.74, 6) is 0.925. The van der Waals surface area contributed by atoms with E-state index in [0.717, 1.165) is 24.2 Å². The second-order valence-electron chi connectivity index (χ2n) is 4.17. The third-order valence-electron chi connectivity index (χ3n) is 2.88. The molecule has 0 bridgehead atoms. The first-order valence-electron chi connectivity index (χ1n) is 6.23. The van der Waals surface area contributed by atoms with E-state index in [-0.39, 0.29) is 0 Å². The molecule has 0 spiro atoms. The maximum absolute atomic E-state index is 5.31. The quantitative estimate of drug-likeness (QED) is 0.753. The van der Waals surface area contributed by atoms with Crippen LogP contribution in [0.4, 0.5) is 0 Å². The van der Waals surface area contributed by atoms with Crippen LogP contribution < -0.4 is 4.74 Å². The van der Waals surface area contributed by atoms with Crippen LogP contribution in [0.25, 0.3) is 6.08 Å². The molecule has 2 rings (SSSR count). The van der Waals surface area contributed by atoms with Gasteiger partial charge in [-0.25, -0.2) is 0 Å². The van der Waals surface area contributed by atoms with E-state index in [1.807, 2.05) is 24.3 Å². The molecule has 0 heterocycles. The van der Waals surface area contributed by atoms with Crippen molar-refractivity contribution >= 4 is 6.08 Å². The molecule has 1 nitrogen and oxygen atoms in total. The van der Waals surface area contributed by atoms with Gasteiger partial charge in [0.2, 0.25) is 0 Å². The Labute approximate surface area is 109 Å². The van der Waals surface area contributed by atoms with E-state index >= 15 is 0 Å². The van der Waals surface area contributed by atoms with Crippen LogP contribution in [-0.2, 0) is 6.42 Å². The number of allylic oxidation sites excluding steroid dienone is 1. The van der Waals surface area contributed by atoms with E-state index in [1.165, 1.54) is 5.56 Å². The second kappa shape index (κ2) is 6.65. The van der Waals surface area contributed by atoms with Gasteiger partial charge < -0.3 is 4.74 Å². The number of hydrogen-bond donors (Lipinski definition) is 0. The SMILES string of the molecule is COc1ccccc1C=CCCc1ccccc1. The molecule has 2 aromatic rings.